The molecule has 5 heteroatoms. The summed E-state index contributed by atoms with van der Waals surface area (Å²) in [7, 11) is 0. The zero-order valence-corrected chi connectivity index (χ0v) is 12.1. The largest absolute Gasteiger partial charge is 0.459 e. The SMILES string of the molecule is CCc1nnc(C)cc1C(NN)c1cc2ccccc2o1. The highest BCUT2D eigenvalue weighted by atomic mass is 16.3. The summed E-state index contributed by atoms with van der Waals surface area (Å²) in [6.45, 7) is 3.97. The van der Waals surface area contributed by atoms with E-state index in [-0.39, 0.29) is 6.04 Å². The first-order valence-corrected chi connectivity index (χ1v) is 7.00. The first-order valence-electron chi connectivity index (χ1n) is 7.00. The third-order valence-electron chi connectivity index (χ3n) is 3.57. The quantitative estimate of drug-likeness (QED) is 0.568. The number of benzene rings is 1. The van der Waals surface area contributed by atoms with E-state index in [0.717, 1.165) is 40.1 Å². The summed E-state index contributed by atoms with van der Waals surface area (Å²) in [5.74, 6) is 6.55. The lowest BCUT2D eigenvalue weighted by Gasteiger charge is -2.16. The van der Waals surface area contributed by atoms with Gasteiger partial charge in [-0.3, -0.25) is 5.84 Å². The van der Waals surface area contributed by atoms with Crippen LogP contribution in [0.3, 0.4) is 0 Å². The predicted octanol–water partition coefficient (Wildman–Crippen LogP) is 2.65. The molecule has 2 aromatic heterocycles. The summed E-state index contributed by atoms with van der Waals surface area (Å²) in [6.07, 6.45) is 0.793. The Kier molecular flexibility index (Phi) is 3.68. The number of nitrogens with zero attached hydrogens (tertiary/aromatic N) is 2. The predicted molar refractivity (Wildman–Crippen MR) is 81.5 cm³/mol. The fraction of sp³-hybridized carbons (Fsp3) is 0.250. The zero-order chi connectivity index (χ0) is 14.8. The Balaban J connectivity index is 2.11. The van der Waals surface area contributed by atoms with Crippen molar-refractivity contribution in [2.45, 2.75) is 26.3 Å². The molecule has 0 aliphatic carbocycles. The first-order chi connectivity index (χ1) is 10.2. The van der Waals surface area contributed by atoms with Crippen molar-refractivity contribution >= 4 is 11.0 Å². The van der Waals surface area contributed by atoms with Crippen LogP contribution in [0.25, 0.3) is 11.0 Å². The molecule has 0 bridgehead atoms. The molecule has 2 heterocycles. The number of para-hydroxylation sites is 1. The van der Waals surface area contributed by atoms with Gasteiger partial charge in [-0.25, -0.2) is 5.43 Å². The van der Waals surface area contributed by atoms with E-state index in [0.29, 0.717) is 0 Å². The summed E-state index contributed by atoms with van der Waals surface area (Å²) in [5.41, 5.74) is 6.47. The maximum atomic E-state index is 5.92. The van der Waals surface area contributed by atoms with Crippen molar-refractivity contribution in [3.05, 3.63) is 59.1 Å². The second-order valence-electron chi connectivity index (χ2n) is 5.03. The number of rotatable bonds is 4. The van der Waals surface area contributed by atoms with E-state index >= 15 is 0 Å². The van der Waals surface area contributed by atoms with Gasteiger partial charge in [-0.05, 0) is 31.5 Å². The van der Waals surface area contributed by atoms with E-state index in [1.807, 2.05) is 43.3 Å². The highest BCUT2D eigenvalue weighted by Crippen LogP contribution is 2.29. The van der Waals surface area contributed by atoms with Crippen LogP contribution in [-0.2, 0) is 6.42 Å². The maximum Gasteiger partial charge on any atom is 0.134 e. The number of hydrogen-bond donors (Lipinski definition) is 2. The molecule has 21 heavy (non-hydrogen) atoms. The fourth-order valence-electron chi connectivity index (χ4n) is 2.53. The number of hydrazine groups is 1. The number of furan rings is 1. The van der Waals surface area contributed by atoms with Crippen LogP contribution >= 0.6 is 0 Å². The molecule has 3 N–H and O–H groups in total. The number of hydrogen-bond acceptors (Lipinski definition) is 5. The normalized spacial score (nSPS) is 12.7. The van der Waals surface area contributed by atoms with Gasteiger partial charge in [0.1, 0.15) is 17.4 Å². The van der Waals surface area contributed by atoms with Crippen LogP contribution in [0.15, 0.2) is 40.8 Å². The van der Waals surface area contributed by atoms with E-state index in [1.165, 1.54) is 0 Å². The zero-order valence-electron chi connectivity index (χ0n) is 12.1. The minimum Gasteiger partial charge on any atom is -0.459 e. The standard InChI is InChI=1S/C16H18N4O/c1-3-13-12(8-10(2)19-20-13)16(18-17)15-9-11-6-4-5-7-14(11)21-15/h4-9,16,18H,3,17H2,1-2H3. The van der Waals surface area contributed by atoms with Crippen molar-refractivity contribution in [2.75, 3.05) is 0 Å². The molecule has 0 saturated carbocycles. The van der Waals surface area contributed by atoms with E-state index in [2.05, 4.69) is 22.5 Å². The van der Waals surface area contributed by atoms with Crippen molar-refractivity contribution in [2.24, 2.45) is 5.84 Å². The first kappa shape index (κ1) is 13.7. The minimum absolute atomic E-state index is 0.235. The Labute approximate surface area is 123 Å². The van der Waals surface area contributed by atoms with Gasteiger partial charge < -0.3 is 4.42 Å². The lowest BCUT2D eigenvalue weighted by molar-refractivity contribution is 0.473. The van der Waals surface area contributed by atoms with E-state index in [4.69, 9.17) is 10.3 Å². The van der Waals surface area contributed by atoms with E-state index < -0.39 is 0 Å². The Morgan fingerprint density at radius 2 is 2.05 bits per heavy atom. The van der Waals surface area contributed by atoms with Gasteiger partial charge in [0, 0.05) is 10.9 Å². The van der Waals surface area contributed by atoms with Gasteiger partial charge in [0.25, 0.3) is 0 Å². The lowest BCUT2D eigenvalue weighted by Crippen LogP contribution is -2.29. The van der Waals surface area contributed by atoms with Gasteiger partial charge in [0.2, 0.25) is 0 Å². The van der Waals surface area contributed by atoms with Gasteiger partial charge in [-0.1, -0.05) is 25.1 Å². The summed E-state index contributed by atoms with van der Waals surface area (Å²) in [6, 6.07) is 11.7. The van der Waals surface area contributed by atoms with Gasteiger partial charge in [-0.15, -0.1) is 0 Å². The van der Waals surface area contributed by atoms with E-state index in [1.54, 1.807) is 0 Å². The van der Waals surface area contributed by atoms with Crippen LogP contribution in [0, 0.1) is 6.92 Å². The average Bonchev–Trinajstić information content (AvgIpc) is 2.92. The lowest BCUT2D eigenvalue weighted by atomic mass is 10.0. The molecule has 3 aromatic rings. The summed E-state index contributed by atoms with van der Waals surface area (Å²) in [5, 5.41) is 9.43. The van der Waals surface area contributed by atoms with Gasteiger partial charge in [-0.2, -0.15) is 10.2 Å². The smallest absolute Gasteiger partial charge is 0.134 e. The number of aromatic nitrogens is 2. The molecule has 0 spiro atoms. The van der Waals surface area contributed by atoms with Gasteiger partial charge in [0.15, 0.2) is 0 Å². The van der Waals surface area contributed by atoms with Crippen LogP contribution in [0.1, 0.15) is 35.7 Å². The van der Waals surface area contributed by atoms with E-state index in [9.17, 15) is 0 Å². The Morgan fingerprint density at radius 3 is 2.76 bits per heavy atom. The molecule has 0 radical (unpaired) electrons. The van der Waals surface area contributed by atoms with Crippen LogP contribution in [0.4, 0.5) is 0 Å². The molecule has 1 unspecified atom stereocenters. The Morgan fingerprint density at radius 1 is 1.24 bits per heavy atom. The molecule has 0 amide bonds. The third-order valence-corrected chi connectivity index (χ3v) is 3.57. The number of nitrogens with two attached hydrogens (primary N) is 1. The van der Waals surface area contributed by atoms with Crippen LogP contribution in [0.5, 0.6) is 0 Å². The molecule has 0 fully saturated rings. The minimum atomic E-state index is -0.235. The molecule has 0 aliphatic rings. The maximum absolute atomic E-state index is 5.92. The monoisotopic (exact) mass is 282 g/mol. The summed E-state index contributed by atoms with van der Waals surface area (Å²) < 4.78 is 5.92. The molecule has 0 aliphatic heterocycles. The second kappa shape index (κ2) is 5.63. The fourth-order valence-corrected chi connectivity index (χ4v) is 2.53. The molecule has 108 valence electrons. The summed E-state index contributed by atoms with van der Waals surface area (Å²) >= 11 is 0. The van der Waals surface area contributed by atoms with Crippen molar-refractivity contribution in [1.82, 2.24) is 15.6 Å². The third kappa shape index (κ3) is 2.53. The second-order valence-corrected chi connectivity index (χ2v) is 5.03. The average molecular weight is 282 g/mol. The Bertz CT molecular complexity index is 733. The van der Waals surface area contributed by atoms with Crippen LogP contribution in [-0.4, -0.2) is 10.2 Å². The molecule has 1 atom stereocenters. The summed E-state index contributed by atoms with van der Waals surface area (Å²) in [4.78, 5) is 0. The highest BCUT2D eigenvalue weighted by molar-refractivity contribution is 5.78. The Hall–Kier alpha value is -2.24. The molecule has 1 aromatic carbocycles. The van der Waals surface area contributed by atoms with Crippen LogP contribution in [0.2, 0.25) is 0 Å². The van der Waals surface area contributed by atoms with Crippen molar-refractivity contribution in [1.29, 1.82) is 0 Å². The van der Waals surface area contributed by atoms with Crippen molar-refractivity contribution in [3.63, 3.8) is 0 Å². The topological polar surface area (TPSA) is 77.0 Å². The number of aryl methyl sites for hydroxylation is 2. The number of nitrogens with one attached hydrogen (secondary N) is 1. The molecule has 5 nitrogen and oxygen atoms in total. The van der Waals surface area contributed by atoms with Gasteiger partial charge >= 0.3 is 0 Å². The van der Waals surface area contributed by atoms with Gasteiger partial charge in [0.05, 0.1) is 11.4 Å². The molecule has 3 rings (SSSR count). The molecular weight excluding hydrogens is 264 g/mol. The van der Waals surface area contributed by atoms with Crippen LogP contribution < -0.4 is 11.3 Å². The molecule has 0 saturated heterocycles. The molecular formula is C16H18N4O. The van der Waals surface area contributed by atoms with Crippen molar-refractivity contribution in [3.8, 4) is 0 Å². The highest BCUT2D eigenvalue weighted by Gasteiger charge is 2.21. The van der Waals surface area contributed by atoms with Crippen molar-refractivity contribution < 1.29 is 4.42 Å². The number of fused-ring (bicyclic) bond motifs is 1.